The Balaban J connectivity index is 1.70. The molecule has 1 aromatic rings. The maximum atomic E-state index is 3.72. The Labute approximate surface area is 103 Å². The van der Waals surface area contributed by atoms with Gasteiger partial charge < -0.3 is 5.32 Å². The molecular weight excluding hydrogens is 214 g/mol. The van der Waals surface area contributed by atoms with Crippen LogP contribution < -0.4 is 5.32 Å². The van der Waals surface area contributed by atoms with Crippen molar-refractivity contribution >= 4 is 11.3 Å². The van der Waals surface area contributed by atoms with Crippen molar-refractivity contribution in [1.29, 1.82) is 0 Å². The average molecular weight is 237 g/mol. The highest BCUT2D eigenvalue weighted by Gasteiger charge is 2.17. The van der Waals surface area contributed by atoms with Gasteiger partial charge in [0.1, 0.15) is 0 Å². The highest BCUT2D eigenvalue weighted by molar-refractivity contribution is 7.10. The molecule has 1 saturated carbocycles. The lowest BCUT2D eigenvalue weighted by molar-refractivity contribution is 0.303. The Morgan fingerprint density at radius 1 is 1.44 bits per heavy atom. The van der Waals surface area contributed by atoms with E-state index in [0.29, 0.717) is 0 Å². The van der Waals surface area contributed by atoms with Crippen LogP contribution in [0.25, 0.3) is 0 Å². The van der Waals surface area contributed by atoms with E-state index < -0.39 is 0 Å². The summed E-state index contributed by atoms with van der Waals surface area (Å²) in [4.78, 5) is 1.55. The van der Waals surface area contributed by atoms with Crippen molar-refractivity contribution in [3.63, 3.8) is 0 Å². The predicted octanol–water partition coefficient (Wildman–Crippen LogP) is 3.77. The quantitative estimate of drug-likeness (QED) is 0.840. The molecule has 1 heterocycles. The zero-order valence-electron chi connectivity index (χ0n) is 10.5. The van der Waals surface area contributed by atoms with Crippen LogP contribution in [-0.2, 0) is 6.42 Å². The Hall–Kier alpha value is -0.340. The minimum Gasteiger partial charge on any atom is -0.314 e. The summed E-state index contributed by atoms with van der Waals surface area (Å²) in [5.74, 6) is 0.926. The molecule has 16 heavy (non-hydrogen) atoms. The van der Waals surface area contributed by atoms with Gasteiger partial charge in [0, 0.05) is 17.5 Å². The molecular formula is C14H23NS. The van der Waals surface area contributed by atoms with Gasteiger partial charge in [-0.05, 0) is 49.1 Å². The van der Waals surface area contributed by atoms with Crippen molar-refractivity contribution in [2.45, 2.75) is 52.0 Å². The summed E-state index contributed by atoms with van der Waals surface area (Å²) in [6.07, 6.45) is 6.81. The van der Waals surface area contributed by atoms with Crippen molar-refractivity contribution in [2.75, 3.05) is 6.54 Å². The molecule has 0 amide bonds. The molecule has 2 rings (SSSR count). The summed E-state index contributed by atoms with van der Waals surface area (Å²) in [7, 11) is 0. The van der Waals surface area contributed by atoms with Crippen LogP contribution in [0.4, 0.5) is 0 Å². The van der Waals surface area contributed by atoms with Gasteiger partial charge in [-0.15, -0.1) is 11.3 Å². The Bertz CT molecular complexity index is 318. The first-order chi connectivity index (χ1) is 7.75. The number of hydrogen-bond donors (Lipinski definition) is 1. The third kappa shape index (κ3) is 3.33. The third-order valence-electron chi connectivity index (χ3n) is 3.69. The lowest BCUT2D eigenvalue weighted by Gasteiger charge is -2.27. The third-order valence-corrected chi connectivity index (χ3v) is 4.77. The fraction of sp³-hybridized carbons (Fsp3) is 0.714. The molecule has 1 aliphatic rings. The second-order valence-electron chi connectivity index (χ2n) is 5.20. The number of hydrogen-bond acceptors (Lipinski definition) is 2. The summed E-state index contributed by atoms with van der Waals surface area (Å²) in [6.45, 7) is 5.75. The summed E-state index contributed by atoms with van der Waals surface area (Å²) in [5.41, 5.74) is 1.46. The van der Waals surface area contributed by atoms with E-state index in [1.807, 2.05) is 11.3 Å². The minimum absolute atomic E-state index is 0.781. The van der Waals surface area contributed by atoms with Crippen LogP contribution in [0.2, 0.25) is 0 Å². The largest absolute Gasteiger partial charge is 0.314 e. The van der Waals surface area contributed by atoms with E-state index in [0.717, 1.165) is 18.5 Å². The summed E-state index contributed by atoms with van der Waals surface area (Å²) in [5, 5.41) is 5.93. The molecule has 0 radical (unpaired) electrons. The average Bonchev–Trinajstić information content (AvgIpc) is 2.65. The molecule has 2 heteroatoms. The standard InChI is InChI=1S/C14H23NS/c1-11-4-3-5-13(10-11)15-8-6-14-12(2)7-9-16-14/h7,9,11,13,15H,3-6,8,10H2,1-2H3. The minimum atomic E-state index is 0.781. The second kappa shape index (κ2) is 5.83. The Morgan fingerprint density at radius 2 is 2.31 bits per heavy atom. The van der Waals surface area contributed by atoms with Gasteiger partial charge >= 0.3 is 0 Å². The number of aryl methyl sites for hydroxylation is 1. The van der Waals surface area contributed by atoms with Gasteiger partial charge in [0.15, 0.2) is 0 Å². The molecule has 2 unspecified atom stereocenters. The Kier molecular flexibility index (Phi) is 4.42. The molecule has 1 aliphatic carbocycles. The fourth-order valence-corrected chi connectivity index (χ4v) is 3.58. The van der Waals surface area contributed by atoms with Crippen LogP contribution in [0.3, 0.4) is 0 Å². The van der Waals surface area contributed by atoms with Crippen molar-refractivity contribution in [2.24, 2.45) is 5.92 Å². The van der Waals surface area contributed by atoms with Gasteiger partial charge in [-0.25, -0.2) is 0 Å². The number of rotatable bonds is 4. The van der Waals surface area contributed by atoms with Gasteiger partial charge in [-0.3, -0.25) is 0 Å². The molecule has 0 bridgehead atoms. The van der Waals surface area contributed by atoms with Crippen LogP contribution in [0.1, 0.15) is 43.0 Å². The normalized spacial score (nSPS) is 25.9. The van der Waals surface area contributed by atoms with Crippen molar-refractivity contribution < 1.29 is 0 Å². The van der Waals surface area contributed by atoms with Crippen molar-refractivity contribution in [3.8, 4) is 0 Å². The van der Waals surface area contributed by atoms with E-state index in [2.05, 4.69) is 30.6 Å². The first-order valence-corrected chi connectivity index (χ1v) is 7.40. The molecule has 1 nitrogen and oxygen atoms in total. The predicted molar refractivity (Wildman–Crippen MR) is 72.2 cm³/mol. The van der Waals surface area contributed by atoms with E-state index in [1.165, 1.54) is 37.7 Å². The highest BCUT2D eigenvalue weighted by atomic mass is 32.1. The van der Waals surface area contributed by atoms with Gasteiger partial charge in [0.05, 0.1) is 0 Å². The van der Waals surface area contributed by atoms with Crippen LogP contribution in [0.5, 0.6) is 0 Å². The van der Waals surface area contributed by atoms with Crippen LogP contribution in [0.15, 0.2) is 11.4 Å². The molecule has 1 N–H and O–H groups in total. The Morgan fingerprint density at radius 3 is 3.00 bits per heavy atom. The fourth-order valence-electron chi connectivity index (χ4n) is 2.67. The number of thiophene rings is 1. The molecule has 0 spiro atoms. The van der Waals surface area contributed by atoms with Crippen LogP contribution in [-0.4, -0.2) is 12.6 Å². The van der Waals surface area contributed by atoms with Crippen molar-refractivity contribution in [1.82, 2.24) is 5.32 Å². The summed E-state index contributed by atoms with van der Waals surface area (Å²) < 4.78 is 0. The topological polar surface area (TPSA) is 12.0 Å². The molecule has 1 fully saturated rings. The summed E-state index contributed by atoms with van der Waals surface area (Å²) in [6, 6.07) is 3.01. The van der Waals surface area contributed by atoms with Gasteiger partial charge in [0.25, 0.3) is 0 Å². The zero-order chi connectivity index (χ0) is 11.4. The molecule has 1 aromatic heterocycles. The van der Waals surface area contributed by atoms with Crippen LogP contribution in [0, 0.1) is 12.8 Å². The first kappa shape index (κ1) is 12.1. The molecule has 0 aliphatic heterocycles. The highest BCUT2D eigenvalue weighted by Crippen LogP contribution is 2.23. The zero-order valence-corrected chi connectivity index (χ0v) is 11.3. The van der Waals surface area contributed by atoms with E-state index in [-0.39, 0.29) is 0 Å². The van der Waals surface area contributed by atoms with Gasteiger partial charge in [0.2, 0.25) is 0 Å². The molecule has 0 saturated heterocycles. The van der Waals surface area contributed by atoms with Crippen molar-refractivity contribution in [3.05, 3.63) is 21.9 Å². The van der Waals surface area contributed by atoms with Crippen LogP contribution >= 0.6 is 11.3 Å². The SMILES string of the molecule is Cc1ccsc1CCNC1CCCC(C)C1. The number of nitrogens with one attached hydrogen (secondary N) is 1. The van der Waals surface area contributed by atoms with E-state index in [4.69, 9.17) is 0 Å². The maximum absolute atomic E-state index is 3.72. The lowest BCUT2D eigenvalue weighted by atomic mass is 9.87. The van der Waals surface area contributed by atoms with E-state index >= 15 is 0 Å². The van der Waals surface area contributed by atoms with Gasteiger partial charge in [-0.2, -0.15) is 0 Å². The first-order valence-electron chi connectivity index (χ1n) is 6.52. The van der Waals surface area contributed by atoms with Gasteiger partial charge in [-0.1, -0.05) is 19.8 Å². The van der Waals surface area contributed by atoms with E-state index in [1.54, 1.807) is 4.88 Å². The summed E-state index contributed by atoms with van der Waals surface area (Å²) >= 11 is 1.90. The molecule has 90 valence electrons. The smallest absolute Gasteiger partial charge is 0.00870 e. The lowest BCUT2D eigenvalue weighted by Crippen LogP contribution is -2.34. The monoisotopic (exact) mass is 237 g/mol. The second-order valence-corrected chi connectivity index (χ2v) is 6.20. The molecule has 2 atom stereocenters. The molecule has 0 aromatic carbocycles. The van der Waals surface area contributed by atoms with E-state index in [9.17, 15) is 0 Å². The maximum Gasteiger partial charge on any atom is 0.00870 e.